The second-order valence-corrected chi connectivity index (χ2v) is 28.0. The molecule has 1 aliphatic heterocycles. The van der Waals surface area contributed by atoms with Crippen LogP contribution in [-0.4, -0.2) is 229 Å². The fourth-order valence-electron chi connectivity index (χ4n) is 11.7. The van der Waals surface area contributed by atoms with Gasteiger partial charge in [-0.3, -0.25) is 72.1 Å². The Kier molecular flexibility index (Phi) is 37.6. The van der Waals surface area contributed by atoms with Crippen LogP contribution in [0.25, 0.3) is 0 Å². The molecule has 1 fully saturated rings. The number of aromatic nitrogens is 2. The number of aliphatic hydroxyl groups excluding tert-OH is 2. The van der Waals surface area contributed by atoms with Gasteiger partial charge in [-0.05, 0) is 101 Å². The second kappa shape index (κ2) is 45.2. The van der Waals surface area contributed by atoms with Crippen LogP contribution in [0.3, 0.4) is 0 Å². The van der Waals surface area contributed by atoms with Gasteiger partial charge in [-0.15, -0.1) is 0 Å². The van der Waals surface area contributed by atoms with E-state index in [-0.39, 0.29) is 95.7 Å². The number of likely N-dealkylation sites (tertiary alicyclic amines) is 1. The van der Waals surface area contributed by atoms with Gasteiger partial charge >= 0.3 is 5.97 Å². The van der Waals surface area contributed by atoms with E-state index < -0.39 is 192 Å². The van der Waals surface area contributed by atoms with Gasteiger partial charge in [0.2, 0.25) is 76.8 Å². The topological polar surface area (TPSA) is 606 Å². The number of amides is 13. The fourth-order valence-corrected chi connectivity index (χ4v) is 11.7. The highest BCUT2D eigenvalue weighted by Crippen LogP contribution is 2.22. The summed E-state index contributed by atoms with van der Waals surface area (Å²) in [4.78, 5) is 208. The summed E-state index contributed by atoms with van der Waals surface area (Å²) in [6.07, 6.45) is -0.621. The summed E-state index contributed by atoms with van der Waals surface area (Å²) >= 11 is 0. The predicted molar refractivity (Wildman–Crippen MR) is 399 cm³/mol. The molecule has 37 nitrogen and oxygen atoms in total. The number of carbonyl (C=O) groups is 14. The number of imidazole rings is 1. The van der Waals surface area contributed by atoms with Crippen LogP contribution in [0, 0.1) is 17.8 Å². The number of carbonyl (C=O) groups excluding carboxylic acids is 13. The Morgan fingerprint density at radius 2 is 1.00 bits per heavy atom. The highest BCUT2D eigenvalue weighted by Gasteiger charge is 2.43. The number of nitrogens with one attached hydrogen (secondary N) is 12. The molecule has 602 valence electrons. The van der Waals surface area contributed by atoms with Crippen LogP contribution < -0.4 is 87.2 Å². The van der Waals surface area contributed by atoms with Crippen molar-refractivity contribution < 1.29 is 82.4 Å². The number of aliphatic hydroxyl groups is 2. The number of rotatable bonds is 46. The largest absolute Gasteiger partial charge is 0.480 e. The molecule has 0 radical (unpaired) electrons. The van der Waals surface area contributed by atoms with Crippen molar-refractivity contribution >= 4 is 88.7 Å². The number of aliphatic imine (C=N–C) groups is 1. The molecule has 1 saturated heterocycles. The number of benzene rings is 2. The number of nitrogens with two attached hydrogens (primary N) is 5. The molecule has 2 aromatic carbocycles. The van der Waals surface area contributed by atoms with Crippen molar-refractivity contribution in [1.29, 1.82) is 0 Å². The quantitative estimate of drug-likeness (QED) is 0.0144. The first kappa shape index (κ1) is 90.7. The highest BCUT2D eigenvalue weighted by atomic mass is 16.4. The Hall–Kier alpha value is -10.7. The normalized spacial score (nSPS) is 16.8. The first-order valence-electron chi connectivity index (χ1n) is 36.6. The van der Waals surface area contributed by atoms with E-state index >= 15 is 0 Å². The molecule has 0 spiro atoms. The molecule has 4 rings (SSSR count). The Morgan fingerprint density at radius 3 is 1.50 bits per heavy atom. The molecule has 0 bridgehead atoms. The first-order chi connectivity index (χ1) is 51.5. The zero-order chi connectivity index (χ0) is 81.4. The van der Waals surface area contributed by atoms with Crippen molar-refractivity contribution in [3.63, 3.8) is 0 Å². The first-order valence-corrected chi connectivity index (χ1v) is 36.6. The molecule has 0 unspecified atom stereocenters. The van der Waals surface area contributed by atoms with Gasteiger partial charge in [-0.1, -0.05) is 109 Å². The van der Waals surface area contributed by atoms with Gasteiger partial charge in [0.15, 0.2) is 5.96 Å². The van der Waals surface area contributed by atoms with Crippen molar-refractivity contribution in [3.8, 4) is 0 Å². The molecular formula is C72H112N20O17. The van der Waals surface area contributed by atoms with Crippen LogP contribution in [0.4, 0.5) is 0 Å². The molecule has 1 aromatic heterocycles. The maximum atomic E-state index is 14.9. The average Bonchev–Trinajstić information content (AvgIpc) is 1.71. The third-order valence-electron chi connectivity index (χ3n) is 18.4. The van der Waals surface area contributed by atoms with Gasteiger partial charge in [-0.2, -0.15) is 0 Å². The standard InChI is InChI=1S/C72H112N20O17/c1-10-39(6)56(68(105)88-55(38(4)5)67(104)91-58(42(9)94)70(107)92-30-20-27-52(92)65(102)83-47(26-19-29-79-72(76)77)60(97)90-57(41(8)93)69(106)81-40(7)71(108)109)89-64(101)51(34-53(74)95)86-59(96)46(25-17-18-28-73)82-61(98)48(31-43-21-13-11-14-22-43)84-62(99)49(32-44-23-15-12-16-24-44)85-63(100)50(33-45-35-78-36-80-45)87-66(103)54(75)37(2)3/h11-16,21-24,35-42,46-52,54-58,93-94H,10,17-20,25-34,73,75H2,1-9H3,(H2,74,95)(H,78,80)(H,81,106)(H,82,98)(H,83,102)(H,84,99)(H,85,100)(H,86,96)(H,87,103)(H,88,105)(H,89,101)(H,90,97)(H,91,104)(H,108,109)(H4,76,77,79)/t39-,40-,41+,42+,46-,47-,48-,49-,50-,51-,52-,54-,55-,56-,57-,58-/m0/s1. The summed E-state index contributed by atoms with van der Waals surface area (Å²) in [6, 6.07) is -1.85. The number of aromatic amines is 1. The summed E-state index contributed by atoms with van der Waals surface area (Å²) < 4.78 is 0. The van der Waals surface area contributed by atoms with E-state index in [0.717, 1.165) is 11.8 Å². The molecule has 0 aliphatic carbocycles. The van der Waals surface area contributed by atoms with E-state index in [4.69, 9.17) is 28.7 Å². The zero-order valence-corrected chi connectivity index (χ0v) is 63.2. The number of H-pyrrole nitrogens is 1. The fraction of sp³-hybridized carbons (Fsp3) is 0.583. The molecule has 37 heteroatoms. The average molecular weight is 1530 g/mol. The SMILES string of the molecule is CC[C@H](C)[C@H](NC(=O)[C@H](CC(N)=O)NC(=O)[C@H](CCCCN)NC(=O)[C@H](Cc1ccccc1)NC(=O)[C@H](Cc1ccccc1)NC(=O)[C@H](Cc1cnc[nH]1)NC(=O)[C@@H](N)C(C)C)C(=O)N[C@H](C(=O)N[C@H](C(=O)N1CCC[C@H]1C(=O)N[C@@H](CCCN=C(N)N)C(=O)N[C@H](C(=O)N[C@@H](C)C(=O)O)[C@@H](C)O)[C@@H](C)O)C(C)C. The lowest BCUT2D eigenvalue weighted by molar-refractivity contribution is -0.145. The van der Waals surface area contributed by atoms with Gasteiger partial charge in [0.25, 0.3) is 0 Å². The van der Waals surface area contributed by atoms with E-state index in [1.807, 2.05) is 0 Å². The number of hydrogen-bond donors (Lipinski definition) is 20. The minimum atomic E-state index is -1.81. The number of carboxylic acids is 1. The van der Waals surface area contributed by atoms with Crippen molar-refractivity contribution in [2.75, 3.05) is 19.6 Å². The molecule has 25 N–H and O–H groups in total. The number of unbranched alkanes of at least 4 members (excludes halogenated alkanes) is 1. The summed E-state index contributed by atoms with van der Waals surface area (Å²) in [5, 5.41) is 59.2. The Bertz CT molecular complexity index is 3560. The van der Waals surface area contributed by atoms with Crippen LogP contribution in [0.5, 0.6) is 0 Å². The molecule has 13 amide bonds. The molecule has 16 atom stereocenters. The zero-order valence-electron chi connectivity index (χ0n) is 63.2. The summed E-state index contributed by atoms with van der Waals surface area (Å²) in [7, 11) is 0. The maximum Gasteiger partial charge on any atom is 0.325 e. The molecule has 1 aliphatic rings. The van der Waals surface area contributed by atoms with Crippen molar-refractivity contribution in [2.45, 2.75) is 230 Å². The van der Waals surface area contributed by atoms with E-state index in [1.165, 1.54) is 26.4 Å². The number of primary amides is 1. The predicted octanol–water partition coefficient (Wildman–Crippen LogP) is -4.63. The smallest absolute Gasteiger partial charge is 0.325 e. The van der Waals surface area contributed by atoms with Crippen LogP contribution in [0.2, 0.25) is 0 Å². The maximum absolute atomic E-state index is 14.9. The number of hydrogen-bond acceptors (Lipinski definition) is 20. The van der Waals surface area contributed by atoms with E-state index in [2.05, 4.69) is 73.4 Å². The van der Waals surface area contributed by atoms with Crippen LogP contribution in [-0.2, 0) is 86.4 Å². The van der Waals surface area contributed by atoms with Crippen molar-refractivity contribution in [3.05, 3.63) is 90.0 Å². The minimum Gasteiger partial charge on any atom is -0.480 e. The Balaban J connectivity index is 1.59. The second-order valence-electron chi connectivity index (χ2n) is 28.0. The lowest BCUT2D eigenvalue weighted by Crippen LogP contribution is -2.63. The number of aliphatic carboxylic acids is 1. The van der Waals surface area contributed by atoms with Gasteiger partial charge < -0.3 is 112 Å². The minimum absolute atomic E-state index is 0.0149. The van der Waals surface area contributed by atoms with E-state index in [1.54, 1.807) is 102 Å². The van der Waals surface area contributed by atoms with Crippen LogP contribution in [0.1, 0.15) is 137 Å². The van der Waals surface area contributed by atoms with Crippen molar-refractivity contribution in [1.82, 2.24) is 73.4 Å². The van der Waals surface area contributed by atoms with Gasteiger partial charge in [-0.25, -0.2) is 4.98 Å². The third-order valence-corrected chi connectivity index (χ3v) is 18.4. The third kappa shape index (κ3) is 29.8. The van der Waals surface area contributed by atoms with Gasteiger partial charge in [0.05, 0.1) is 31.0 Å². The highest BCUT2D eigenvalue weighted by molar-refractivity contribution is 6.01. The lowest BCUT2D eigenvalue weighted by Gasteiger charge is -2.33. The Labute approximate surface area is 633 Å². The van der Waals surface area contributed by atoms with E-state index in [9.17, 15) is 82.4 Å². The van der Waals surface area contributed by atoms with E-state index in [0.29, 0.717) is 23.2 Å². The number of carboxylic acid groups (broad SMARTS) is 1. The molecular weight excluding hydrogens is 1420 g/mol. The summed E-state index contributed by atoms with van der Waals surface area (Å²) in [5.41, 5.74) is 30.3. The molecule has 2 heterocycles. The van der Waals surface area contributed by atoms with Crippen molar-refractivity contribution in [2.24, 2.45) is 51.4 Å². The number of guanidine groups is 1. The Morgan fingerprint density at radius 1 is 0.541 bits per heavy atom. The van der Waals surface area contributed by atoms with Crippen LogP contribution >= 0.6 is 0 Å². The molecule has 3 aromatic rings. The molecule has 0 saturated carbocycles. The monoisotopic (exact) mass is 1530 g/mol. The van der Waals surface area contributed by atoms with Crippen LogP contribution in [0.15, 0.2) is 78.2 Å². The number of nitrogens with zero attached hydrogens (tertiary/aromatic N) is 3. The summed E-state index contributed by atoms with van der Waals surface area (Å²) in [5.74, 6) is -15.5. The lowest BCUT2D eigenvalue weighted by atomic mass is 9.95. The van der Waals surface area contributed by atoms with Gasteiger partial charge in [0, 0.05) is 44.2 Å². The molecule has 109 heavy (non-hydrogen) atoms. The van der Waals surface area contributed by atoms with Gasteiger partial charge in [0.1, 0.15) is 72.5 Å². The summed E-state index contributed by atoms with van der Waals surface area (Å²) in [6.45, 7) is 13.5.